The maximum absolute atomic E-state index is 10.2. The first-order valence-electron chi connectivity index (χ1n) is 1.94. The molecule has 0 aliphatic heterocycles. The van der Waals surface area contributed by atoms with E-state index in [1.165, 1.54) is 6.92 Å². The second-order valence-corrected chi connectivity index (χ2v) is 1.86. The Labute approximate surface area is 60.5 Å². The van der Waals surface area contributed by atoms with E-state index in [0.29, 0.717) is 0 Å². The summed E-state index contributed by atoms with van der Waals surface area (Å²) in [5.74, 6) is -1.04. The number of rotatable bonds is 1. The predicted octanol–water partition coefficient (Wildman–Crippen LogP) is 0.511. The molecule has 3 nitrogen and oxygen atoms in total. The van der Waals surface area contributed by atoms with E-state index in [0.717, 1.165) is 0 Å². The molecule has 0 spiro atoms. The van der Waals surface area contributed by atoms with Crippen molar-refractivity contribution >= 4 is 34.5 Å². The first-order valence-corrected chi connectivity index (χ1v) is 3.46. The van der Waals surface area contributed by atoms with Crippen molar-refractivity contribution in [3.05, 3.63) is 0 Å². The van der Waals surface area contributed by atoms with Crippen LogP contribution < -0.4 is 0 Å². The van der Waals surface area contributed by atoms with Gasteiger partial charge in [-0.2, -0.15) is 0 Å². The lowest BCUT2D eigenvalue weighted by Crippen LogP contribution is -2.08. The summed E-state index contributed by atoms with van der Waals surface area (Å²) in [4.78, 5) is 20.1. The molecule has 0 saturated carbocycles. The third-order valence-electron chi connectivity index (χ3n) is 0.367. The second kappa shape index (κ2) is 3.82. The Morgan fingerprint density at radius 2 is 2.12 bits per heavy atom. The summed E-state index contributed by atoms with van der Waals surface area (Å²) >= 11 is 1.82. The van der Waals surface area contributed by atoms with Crippen LogP contribution in [0.3, 0.4) is 0 Å². The average molecular weight is 228 g/mol. The monoisotopic (exact) mass is 228 g/mol. The fraction of sp³-hybridized carbons (Fsp3) is 0.500. The van der Waals surface area contributed by atoms with Crippen molar-refractivity contribution in [1.29, 1.82) is 0 Å². The molecule has 0 aromatic carbocycles. The molecular weight excluding hydrogens is 223 g/mol. The summed E-state index contributed by atoms with van der Waals surface area (Å²) in [6.45, 7) is 1.20. The van der Waals surface area contributed by atoms with E-state index < -0.39 is 11.9 Å². The van der Waals surface area contributed by atoms with Crippen LogP contribution in [0.15, 0.2) is 0 Å². The van der Waals surface area contributed by atoms with Gasteiger partial charge in [-0.3, -0.25) is 9.59 Å². The van der Waals surface area contributed by atoms with Crippen molar-refractivity contribution in [2.75, 3.05) is 4.43 Å². The first kappa shape index (κ1) is 7.87. The number of hydrogen-bond acceptors (Lipinski definition) is 3. The number of hydrogen-bond donors (Lipinski definition) is 0. The molecule has 0 atom stereocenters. The average Bonchev–Trinajstić information content (AvgIpc) is 1.65. The number of halogens is 1. The van der Waals surface area contributed by atoms with Crippen LogP contribution in [0.1, 0.15) is 6.92 Å². The fourth-order valence-electron chi connectivity index (χ4n) is 0.188. The molecule has 0 fully saturated rings. The molecule has 46 valence electrons. The molecule has 0 bridgehead atoms. The van der Waals surface area contributed by atoms with Gasteiger partial charge in [0.1, 0.15) is 0 Å². The summed E-state index contributed by atoms with van der Waals surface area (Å²) in [6, 6.07) is 0. The van der Waals surface area contributed by atoms with Crippen molar-refractivity contribution in [2.24, 2.45) is 0 Å². The minimum Gasteiger partial charge on any atom is -0.393 e. The van der Waals surface area contributed by atoms with E-state index in [1.807, 2.05) is 22.6 Å². The van der Waals surface area contributed by atoms with E-state index in [9.17, 15) is 9.59 Å². The smallest absolute Gasteiger partial charge is 0.323 e. The van der Waals surface area contributed by atoms with Gasteiger partial charge >= 0.3 is 11.9 Å². The van der Waals surface area contributed by atoms with Gasteiger partial charge in [-0.15, -0.1) is 0 Å². The van der Waals surface area contributed by atoms with Crippen LogP contribution in [0.4, 0.5) is 0 Å². The number of esters is 2. The maximum Gasteiger partial charge on any atom is 0.323 e. The zero-order chi connectivity index (χ0) is 6.57. The summed E-state index contributed by atoms with van der Waals surface area (Å²) in [5.41, 5.74) is 0. The summed E-state index contributed by atoms with van der Waals surface area (Å²) < 4.78 is 4.33. The highest BCUT2D eigenvalue weighted by atomic mass is 127. The van der Waals surface area contributed by atoms with Gasteiger partial charge in [0.15, 0.2) is 0 Å². The molecule has 8 heavy (non-hydrogen) atoms. The van der Waals surface area contributed by atoms with Crippen molar-refractivity contribution < 1.29 is 14.3 Å². The topological polar surface area (TPSA) is 43.4 Å². The molecule has 0 aromatic rings. The molecule has 0 aliphatic carbocycles. The summed E-state index contributed by atoms with van der Waals surface area (Å²) in [7, 11) is 0. The van der Waals surface area contributed by atoms with Gasteiger partial charge in [-0.25, -0.2) is 0 Å². The van der Waals surface area contributed by atoms with Gasteiger partial charge in [0.2, 0.25) is 0 Å². The van der Waals surface area contributed by atoms with Crippen LogP contribution in [-0.2, 0) is 14.3 Å². The molecule has 0 saturated heterocycles. The lowest BCUT2D eigenvalue weighted by Gasteiger charge is -1.91. The Balaban J connectivity index is 3.40. The van der Waals surface area contributed by atoms with E-state index in [4.69, 9.17) is 0 Å². The third-order valence-corrected chi connectivity index (χ3v) is 0.989. The van der Waals surface area contributed by atoms with Crippen LogP contribution in [0.2, 0.25) is 0 Å². The van der Waals surface area contributed by atoms with Crippen molar-refractivity contribution in [3.8, 4) is 0 Å². The number of ether oxygens (including phenoxy) is 1. The Kier molecular flexibility index (Phi) is 3.76. The Morgan fingerprint density at radius 1 is 1.62 bits per heavy atom. The Bertz CT molecular complexity index is 110. The maximum atomic E-state index is 10.2. The van der Waals surface area contributed by atoms with E-state index >= 15 is 0 Å². The molecule has 0 amide bonds. The molecule has 0 unspecified atom stereocenters. The normalized spacial score (nSPS) is 8.25. The molecule has 0 rings (SSSR count). The van der Waals surface area contributed by atoms with Gasteiger partial charge in [0.05, 0.1) is 4.43 Å². The van der Waals surface area contributed by atoms with Crippen LogP contribution in [0, 0.1) is 0 Å². The number of carbonyl (C=O) groups is 2. The highest BCUT2D eigenvalue weighted by molar-refractivity contribution is 14.1. The van der Waals surface area contributed by atoms with Crippen LogP contribution in [-0.4, -0.2) is 16.4 Å². The van der Waals surface area contributed by atoms with Crippen molar-refractivity contribution in [3.63, 3.8) is 0 Å². The van der Waals surface area contributed by atoms with Gasteiger partial charge in [0, 0.05) is 6.92 Å². The van der Waals surface area contributed by atoms with E-state index in [-0.39, 0.29) is 4.43 Å². The van der Waals surface area contributed by atoms with Crippen LogP contribution >= 0.6 is 22.6 Å². The Morgan fingerprint density at radius 3 is 2.25 bits per heavy atom. The van der Waals surface area contributed by atoms with Crippen LogP contribution in [0.5, 0.6) is 0 Å². The number of carbonyl (C=O) groups excluding carboxylic acids is 2. The van der Waals surface area contributed by atoms with E-state index in [2.05, 4.69) is 4.74 Å². The highest BCUT2D eigenvalue weighted by Gasteiger charge is 2.00. The minimum atomic E-state index is -0.549. The minimum absolute atomic E-state index is 0.220. The Hall–Kier alpha value is -0.130. The molecule has 0 N–H and O–H groups in total. The molecule has 4 heteroatoms. The molecule has 0 heterocycles. The predicted molar refractivity (Wildman–Crippen MR) is 35.7 cm³/mol. The fourth-order valence-corrected chi connectivity index (χ4v) is 0.343. The lowest BCUT2D eigenvalue weighted by molar-refractivity contribution is -0.155. The largest absolute Gasteiger partial charge is 0.393 e. The zero-order valence-corrected chi connectivity index (χ0v) is 6.47. The van der Waals surface area contributed by atoms with Crippen LogP contribution in [0.25, 0.3) is 0 Å². The van der Waals surface area contributed by atoms with Gasteiger partial charge < -0.3 is 4.74 Å². The van der Waals surface area contributed by atoms with Gasteiger partial charge in [-0.05, 0) is 0 Å². The molecule has 0 aliphatic rings. The molecule has 0 aromatic heterocycles. The summed E-state index contributed by atoms with van der Waals surface area (Å²) in [6.07, 6.45) is 0. The zero-order valence-electron chi connectivity index (χ0n) is 4.31. The van der Waals surface area contributed by atoms with Crippen molar-refractivity contribution in [1.82, 2.24) is 0 Å². The van der Waals surface area contributed by atoms with Crippen molar-refractivity contribution in [2.45, 2.75) is 6.92 Å². The van der Waals surface area contributed by atoms with Gasteiger partial charge in [-0.1, -0.05) is 22.6 Å². The van der Waals surface area contributed by atoms with E-state index in [1.54, 1.807) is 0 Å². The second-order valence-electron chi connectivity index (χ2n) is 1.10. The van der Waals surface area contributed by atoms with Gasteiger partial charge in [0.25, 0.3) is 0 Å². The first-order chi connectivity index (χ1) is 3.66. The molecule has 0 radical (unpaired) electrons. The quantitative estimate of drug-likeness (QED) is 0.284. The third kappa shape index (κ3) is 4.04. The molecular formula is C4H5IO3. The number of alkyl halides is 1. The summed E-state index contributed by atoms with van der Waals surface area (Å²) in [5, 5.41) is 0. The highest BCUT2D eigenvalue weighted by Crippen LogP contribution is 1.85. The SMILES string of the molecule is CC(=O)OC(=O)CI. The standard InChI is InChI=1S/C4H5IO3/c1-3(6)8-4(7)2-5/h2H2,1H3. The lowest BCUT2D eigenvalue weighted by atomic mass is 10.7.